The highest BCUT2D eigenvalue weighted by Gasteiger charge is 2.37. The quantitative estimate of drug-likeness (QED) is 0.461. The Morgan fingerprint density at radius 1 is 0.971 bits per heavy atom. The van der Waals surface area contributed by atoms with Crippen molar-refractivity contribution in [3.05, 3.63) is 95.6 Å². The first-order valence-electron chi connectivity index (χ1n) is 10.7. The van der Waals surface area contributed by atoms with Crippen LogP contribution in [0.3, 0.4) is 0 Å². The standard InChI is InChI=1S/C25H23N3O6S/c1-27-25(32)21-13-6-5-12-20(21)22(15-24(30)31)28(27)19-11-7-10-18(14-19)26-35(33,34)16-23(29)17-8-3-2-4-9-17/h2-14,22,26H,15-16H2,1H3,(H,30,31). The van der Waals surface area contributed by atoms with E-state index in [1.165, 1.54) is 29.2 Å². The number of Topliss-reactive ketones (excluding diaryl/α,β-unsaturated/α-hetero) is 1. The van der Waals surface area contributed by atoms with Gasteiger partial charge in [0.05, 0.1) is 23.8 Å². The molecule has 1 atom stereocenters. The van der Waals surface area contributed by atoms with Crippen LogP contribution in [0.1, 0.15) is 38.7 Å². The number of nitrogens with zero attached hydrogens (tertiary/aromatic N) is 2. The van der Waals surface area contributed by atoms with E-state index in [9.17, 15) is 27.9 Å². The molecular formula is C25H23N3O6S. The van der Waals surface area contributed by atoms with Gasteiger partial charge in [0.15, 0.2) is 5.78 Å². The van der Waals surface area contributed by atoms with Gasteiger partial charge >= 0.3 is 5.97 Å². The van der Waals surface area contributed by atoms with Gasteiger partial charge in [0.2, 0.25) is 10.0 Å². The van der Waals surface area contributed by atoms with Crippen molar-refractivity contribution in [2.75, 3.05) is 22.5 Å². The molecule has 0 aliphatic carbocycles. The molecule has 0 bridgehead atoms. The van der Waals surface area contributed by atoms with E-state index in [1.807, 2.05) is 0 Å². The smallest absolute Gasteiger partial charge is 0.305 e. The van der Waals surface area contributed by atoms with E-state index >= 15 is 0 Å². The number of hydrazine groups is 1. The van der Waals surface area contributed by atoms with Crippen molar-refractivity contribution in [1.29, 1.82) is 0 Å². The Balaban J connectivity index is 1.63. The van der Waals surface area contributed by atoms with Crippen LogP contribution in [0.2, 0.25) is 0 Å². The van der Waals surface area contributed by atoms with E-state index < -0.39 is 33.6 Å². The molecule has 0 spiro atoms. The second kappa shape index (κ2) is 9.59. The maximum Gasteiger partial charge on any atom is 0.305 e. The molecule has 4 rings (SSSR count). The molecule has 0 aromatic heterocycles. The summed E-state index contributed by atoms with van der Waals surface area (Å²) in [5.74, 6) is -2.65. The third-order valence-corrected chi connectivity index (χ3v) is 6.82. The van der Waals surface area contributed by atoms with E-state index in [0.717, 1.165) is 0 Å². The van der Waals surface area contributed by atoms with E-state index in [-0.39, 0.29) is 23.6 Å². The molecule has 35 heavy (non-hydrogen) atoms. The summed E-state index contributed by atoms with van der Waals surface area (Å²) in [4.78, 5) is 37.0. The van der Waals surface area contributed by atoms with Crippen molar-refractivity contribution in [1.82, 2.24) is 5.01 Å². The first kappa shape index (κ1) is 24.0. The maximum absolute atomic E-state index is 13.0. The number of carboxylic acids is 1. The third-order valence-electron chi connectivity index (χ3n) is 5.63. The van der Waals surface area contributed by atoms with Crippen molar-refractivity contribution in [2.45, 2.75) is 12.5 Å². The molecule has 1 aliphatic rings. The van der Waals surface area contributed by atoms with Crippen LogP contribution in [-0.4, -0.2) is 49.0 Å². The number of anilines is 2. The summed E-state index contributed by atoms with van der Waals surface area (Å²) in [5.41, 5.74) is 1.86. The third kappa shape index (κ3) is 5.17. The average Bonchev–Trinajstić information content (AvgIpc) is 2.82. The van der Waals surface area contributed by atoms with E-state index in [0.29, 0.717) is 16.8 Å². The number of hydrogen-bond acceptors (Lipinski definition) is 6. The van der Waals surface area contributed by atoms with Crippen molar-refractivity contribution in [2.24, 2.45) is 0 Å². The summed E-state index contributed by atoms with van der Waals surface area (Å²) in [7, 11) is -2.50. The zero-order valence-electron chi connectivity index (χ0n) is 18.8. The van der Waals surface area contributed by atoms with Gasteiger partial charge in [-0.1, -0.05) is 54.6 Å². The van der Waals surface area contributed by atoms with Gasteiger partial charge in [-0.05, 0) is 29.8 Å². The Hall–Kier alpha value is -4.18. The normalized spacial score (nSPS) is 15.5. The second-order valence-electron chi connectivity index (χ2n) is 8.07. The number of carbonyl (C=O) groups is 3. The van der Waals surface area contributed by atoms with Crippen LogP contribution in [-0.2, 0) is 14.8 Å². The van der Waals surface area contributed by atoms with Gasteiger partial charge in [0.25, 0.3) is 5.91 Å². The number of ketones is 1. The minimum atomic E-state index is -4.03. The molecule has 1 amide bonds. The van der Waals surface area contributed by atoms with Crippen molar-refractivity contribution < 1.29 is 27.9 Å². The maximum atomic E-state index is 13.0. The Kier molecular flexibility index (Phi) is 6.57. The lowest BCUT2D eigenvalue weighted by atomic mass is 9.94. The highest BCUT2D eigenvalue weighted by molar-refractivity contribution is 7.93. The number of carboxylic acid groups (broad SMARTS) is 1. The average molecular weight is 494 g/mol. The summed E-state index contributed by atoms with van der Waals surface area (Å²) in [6.07, 6.45) is -0.282. The number of aliphatic carboxylic acids is 1. The van der Waals surface area contributed by atoms with E-state index in [1.54, 1.807) is 66.7 Å². The van der Waals surface area contributed by atoms with Gasteiger partial charge < -0.3 is 5.11 Å². The number of sulfonamides is 1. The number of amides is 1. The lowest BCUT2D eigenvalue weighted by Crippen LogP contribution is -2.51. The van der Waals surface area contributed by atoms with Crippen LogP contribution < -0.4 is 9.73 Å². The fourth-order valence-corrected chi connectivity index (χ4v) is 5.19. The molecule has 0 saturated carbocycles. The van der Waals surface area contributed by atoms with Crippen LogP contribution in [0.4, 0.5) is 11.4 Å². The Bertz CT molecular complexity index is 1390. The van der Waals surface area contributed by atoms with Gasteiger partial charge in [-0.15, -0.1) is 0 Å². The van der Waals surface area contributed by atoms with Crippen molar-refractivity contribution >= 4 is 39.1 Å². The molecule has 180 valence electrons. The summed E-state index contributed by atoms with van der Waals surface area (Å²) in [5, 5.41) is 12.4. The number of fused-ring (bicyclic) bond motifs is 1. The molecule has 0 saturated heterocycles. The highest BCUT2D eigenvalue weighted by atomic mass is 32.2. The van der Waals surface area contributed by atoms with Gasteiger partial charge in [-0.2, -0.15) is 0 Å². The molecule has 3 aromatic rings. The SMILES string of the molecule is CN1C(=O)c2ccccc2C(CC(=O)O)N1c1cccc(NS(=O)(=O)CC(=O)c2ccccc2)c1. The van der Waals surface area contributed by atoms with Crippen molar-refractivity contribution in [3.63, 3.8) is 0 Å². The van der Waals surface area contributed by atoms with Crippen LogP contribution >= 0.6 is 0 Å². The Morgan fingerprint density at radius 2 is 1.66 bits per heavy atom. The summed E-state index contributed by atoms with van der Waals surface area (Å²) < 4.78 is 27.8. The minimum Gasteiger partial charge on any atom is -0.481 e. The molecular weight excluding hydrogens is 470 g/mol. The molecule has 1 unspecified atom stereocenters. The summed E-state index contributed by atoms with van der Waals surface area (Å²) >= 11 is 0. The summed E-state index contributed by atoms with van der Waals surface area (Å²) in [6.45, 7) is 0. The monoisotopic (exact) mass is 493 g/mol. The molecule has 0 radical (unpaired) electrons. The van der Waals surface area contributed by atoms with Crippen LogP contribution in [0.5, 0.6) is 0 Å². The fraction of sp³-hybridized carbons (Fsp3) is 0.160. The Morgan fingerprint density at radius 3 is 2.37 bits per heavy atom. The van der Waals surface area contributed by atoms with Crippen LogP contribution in [0.15, 0.2) is 78.9 Å². The van der Waals surface area contributed by atoms with Gasteiger partial charge in [0.1, 0.15) is 5.75 Å². The topological polar surface area (TPSA) is 124 Å². The first-order chi connectivity index (χ1) is 16.7. The van der Waals surface area contributed by atoms with E-state index in [2.05, 4.69) is 4.72 Å². The predicted molar refractivity (Wildman–Crippen MR) is 131 cm³/mol. The molecule has 1 aliphatic heterocycles. The van der Waals surface area contributed by atoms with Crippen LogP contribution in [0, 0.1) is 0 Å². The largest absolute Gasteiger partial charge is 0.481 e. The minimum absolute atomic E-state index is 0.178. The number of hydrogen-bond donors (Lipinski definition) is 2. The van der Waals surface area contributed by atoms with Gasteiger partial charge in [0, 0.05) is 18.2 Å². The highest BCUT2D eigenvalue weighted by Crippen LogP contribution is 2.38. The molecule has 9 nitrogen and oxygen atoms in total. The zero-order valence-corrected chi connectivity index (χ0v) is 19.6. The van der Waals surface area contributed by atoms with Crippen molar-refractivity contribution in [3.8, 4) is 0 Å². The van der Waals surface area contributed by atoms with E-state index in [4.69, 9.17) is 0 Å². The lowest BCUT2D eigenvalue weighted by molar-refractivity contribution is -0.137. The Labute approximate surface area is 202 Å². The first-order valence-corrected chi connectivity index (χ1v) is 12.4. The zero-order chi connectivity index (χ0) is 25.2. The number of rotatable bonds is 8. The molecule has 3 aromatic carbocycles. The number of benzene rings is 3. The summed E-state index contributed by atoms with van der Waals surface area (Å²) in [6, 6.07) is 20.5. The van der Waals surface area contributed by atoms with Gasteiger partial charge in [-0.3, -0.25) is 29.1 Å². The number of carbonyl (C=O) groups excluding carboxylic acids is 2. The molecule has 0 fully saturated rings. The van der Waals surface area contributed by atoms with Crippen LogP contribution in [0.25, 0.3) is 0 Å². The second-order valence-corrected chi connectivity index (χ2v) is 9.80. The lowest BCUT2D eigenvalue weighted by Gasteiger charge is -2.44. The molecule has 10 heteroatoms. The van der Waals surface area contributed by atoms with Gasteiger partial charge in [-0.25, -0.2) is 8.42 Å². The predicted octanol–water partition coefficient (Wildman–Crippen LogP) is 3.33. The molecule has 2 N–H and O–H groups in total. The fourth-order valence-electron chi connectivity index (χ4n) is 4.12. The number of nitrogens with one attached hydrogen (secondary N) is 1. The molecule has 1 heterocycles.